The van der Waals surface area contributed by atoms with Gasteiger partial charge in [-0.1, -0.05) is 0 Å². The fourth-order valence-electron chi connectivity index (χ4n) is 1.79. The van der Waals surface area contributed by atoms with Gasteiger partial charge in [0.2, 0.25) is 10.0 Å². The van der Waals surface area contributed by atoms with Crippen molar-refractivity contribution in [3.63, 3.8) is 0 Å². The average Bonchev–Trinajstić information content (AvgIpc) is 2.43. The Morgan fingerprint density at radius 1 is 1.30 bits per heavy atom. The van der Waals surface area contributed by atoms with Gasteiger partial charge < -0.3 is 5.73 Å². The predicted octanol–water partition coefficient (Wildman–Crippen LogP) is 1.85. The van der Waals surface area contributed by atoms with E-state index in [0.717, 1.165) is 17.6 Å². The van der Waals surface area contributed by atoms with Gasteiger partial charge in [0.1, 0.15) is 5.82 Å². The van der Waals surface area contributed by atoms with Gasteiger partial charge in [0.05, 0.1) is 10.4 Å². The lowest BCUT2D eigenvalue weighted by molar-refractivity contribution is 0.581. The zero-order chi connectivity index (χ0) is 14.6. The summed E-state index contributed by atoms with van der Waals surface area (Å²) in [5, 5.41) is 0.756. The summed E-state index contributed by atoms with van der Waals surface area (Å²) in [5.74, 6) is 1.35. The molecule has 20 heavy (non-hydrogen) atoms. The largest absolute Gasteiger partial charge is 0.384 e. The molecule has 108 valence electrons. The normalized spacial score (nSPS) is 11.8. The number of hydrogen-bond acceptors (Lipinski definition) is 5. The third-order valence-corrected chi connectivity index (χ3v) is 4.97. The van der Waals surface area contributed by atoms with Crippen LogP contribution in [0.3, 0.4) is 0 Å². The minimum atomic E-state index is -3.46. The number of anilines is 1. The zero-order valence-electron chi connectivity index (χ0n) is 11.2. The van der Waals surface area contributed by atoms with E-state index < -0.39 is 10.0 Å². The molecule has 2 aromatic rings. The van der Waals surface area contributed by atoms with Crippen molar-refractivity contribution in [2.24, 2.45) is 0 Å². The molecule has 0 saturated heterocycles. The molecule has 0 fully saturated rings. The van der Waals surface area contributed by atoms with Gasteiger partial charge in [-0.3, -0.25) is 0 Å². The first-order valence-corrected chi connectivity index (χ1v) is 9.05. The fraction of sp³-hybridized carbons (Fsp3) is 0.308. The number of sulfonamides is 1. The number of nitrogens with two attached hydrogens (primary N) is 1. The Morgan fingerprint density at radius 2 is 2.10 bits per heavy atom. The number of benzene rings is 1. The molecule has 1 aromatic heterocycles. The molecule has 3 N–H and O–H groups in total. The molecule has 2 rings (SSSR count). The Hall–Kier alpha value is -1.31. The van der Waals surface area contributed by atoms with Crippen molar-refractivity contribution in [1.82, 2.24) is 9.71 Å². The van der Waals surface area contributed by atoms with Crippen molar-refractivity contribution in [2.75, 3.05) is 24.3 Å². The van der Waals surface area contributed by atoms with Crippen LogP contribution in [0.5, 0.6) is 0 Å². The van der Waals surface area contributed by atoms with E-state index in [0.29, 0.717) is 17.9 Å². The topological polar surface area (TPSA) is 85.1 Å². The summed E-state index contributed by atoms with van der Waals surface area (Å²) < 4.78 is 26.9. The van der Waals surface area contributed by atoms with Crippen LogP contribution < -0.4 is 10.5 Å². The van der Waals surface area contributed by atoms with Gasteiger partial charge in [-0.25, -0.2) is 18.1 Å². The standard InChI is InChI=1S/C13H17N3O2S2/c1-19-8-2-7-15-20(17,18)11-4-5-12-10(9-11)3-6-13(14)16-12/h3-6,9,15H,2,7-8H2,1H3,(H2,14,16). The molecule has 0 spiro atoms. The van der Waals surface area contributed by atoms with Crippen LogP contribution in [0, 0.1) is 0 Å². The Balaban J connectivity index is 2.21. The molecule has 1 heterocycles. The molecule has 5 nitrogen and oxygen atoms in total. The van der Waals surface area contributed by atoms with Crippen molar-refractivity contribution in [3.05, 3.63) is 30.3 Å². The third-order valence-electron chi connectivity index (χ3n) is 2.81. The number of nitrogens with one attached hydrogen (secondary N) is 1. The maximum Gasteiger partial charge on any atom is 0.240 e. The van der Waals surface area contributed by atoms with Crippen molar-refractivity contribution >= 4 is 38.5 Å². The Labute approximate surface area is 123 Å². The smallest absolute Gasteiger partial charge is 0.240 e. The molecule has 7 heteroatoms. The summed E-state index contributed by atoms with van der Waals surface area (Å²) in [5.41, 5.74) is 6.28. The van der Waals surface area contributed by atoms with E-state index in [9.17, 15) is 8.42 Å². The summed E-state index contributed by atoms with van der Waals surface area (Å²) in [6, 6.07) is 8.25. The van der Waals surface area contributed by atoms with Crippen molar-refractivity contribution in [1.29, 1.82) is 0 Å². The fourth-order valence-corrected chi connectivity index (χ4v) is 3.34. The lowest BCUT2D eigenvalue weighted by atomic mass is 10.2. The second-order valence-corrected chi connectivity index (χ2v) is 7.09. The van der Waals surface area contributed by atoms with Crippen LogP contribution in [0.15, 0.2) is 35.2 Å². The molecule has 0 saturated carbocycles. The quantitative estimate of drug-likeness (QED) is 0.795. The molecule has 0 amide bonds. The highest BCUT2D eigenvalue weighted by molar-refractivity contribution is 7.98. The maximum absolute atomic E-state index is 12.1. The van der Waals surface area contributed by atoms with Crippen LogP contribution in [-0.4, -0.2) is 32.0 Å². The van der Waals surface area contributed by atoms with Gasteiger partial charge in [-0.15, -0.1) is 0 Å². The number of aromatic nitrogens is 1. The second kappa shape index (κ2) is 6.43. The summed E-state index contributed by atoms with van der Waals surface area (Å²) in [7, 11) is -3.46. The van der Waals surface area contributed by atoms with E-state index in [1.165, 1.54) is 0 Å². The monoisotopic (exact) mass is 311 g/mol. The minimum Gasteiger partial charge on any atom is -0.384 e. The second-order valence-electron chi connectivity index (χ2n) is 4.33. The highest BCUT2D eigenvalue weighted by Gasteiger charge is 2.13. The molecule has 0 bridgehead atoms. The Morgan fingerprint density at radius 3 is 2.85 bits per heavy atom. The summed E-state index contributed by atoms with van der Waals surface area (Å²) in [6.45, 7) is 0.446. The molecule has 0 radical (unpaired) electrons. The van der Waals surface area contributed by atoms with Crippen LogP contribution in [0.2, 0.25) is 0 Å². The lowest BCUT2D eigenvalue weighted by Gasteiger charge is -2.07. The first-order chi connectivity index (χ1) is 9.53. The molecule has 0 aliphatic rings. The number of hydrogen-bond donors (Lipinski definition) is 2. The molecular weight excluding hydrogens is 294 g/mol. The summed E-state index contributed by atoms with van der Waals surface area (Å²) in [4.78, 5) is 4.40. The predicted molar refractivity (Wildman–Crippen MR) is 84.3 cm³/mol. The van der Waals surface area contributed by atoms with Crippen LogP contribution in [0.4, 0.5) is 5.82 Å². The van der Waals surface area contributed by atoms with E-state index in [-0.39, 0.29) is 4.90 Å². The number of thioether (sulfide) groups is 1. The van der Waals surface area contributed by atoms with Gasteiger partial charge in [0, 0.05) is 11.9 Å². The zero-order valence-corrected chi connectivity index (χ0v) is 12.8. The first kappa shape index (κ1) is 15.1. The van der Waals surface area contributed by atoms with Crippen LogP contribution in [0.1, 0.15) is 6.42 Å². The van der Waals surface area contributed by atoms with Crippen LogP contribution in [0.25, 0.3) is 10.9 Å². The lowest BCUT2D eigenvalue weighted by Crippen LogP contribution is -2.25. The first-order valence-electron chi connectivity index (χ1n) is 6.18. The van der Waals surface area contributed by atoms with Gasteiger partial charge >= 0.3 is 0 Å². The summed E-state index contributed by atoms with van der Waals surface area (Å²) >= 11 is 1.70. The third kappa shape index (κ3) is 3.62. The average molecular weight is 311 g/mol. The summed E-state index contributed by atoms with van der Waals surface area (Å²) in [6.07, 6.45) is 2.81. The maximum atomic E-state index is 12.1. The number of rotatable bonds is 6. The molecule has 0 atom stereocenters. The highest BCUT2D eigenvalue weighted by atomic mass is 32.2. The Kier molecular flexibility index (Phi) is 4.85. The van der Waals surface area contributed by atoms with E-state index >= 15 is 0 Å². The molecule has 1 aromatic carbocycles. The van der Waals surface area contributed by atoms with Crippen molar-refractivity contribution in [2.45, 2.75) is 11.3 Å². The van der Waals surface area contributed by atoms with Crippen molar-refractivity contribution < 1.29 is 8.42 Å². The number of nitrogen functional groups attached to an aromatic ring is 1. The van der Waals surface area contributed by atoms with Gasteiger partial charge in [0.15, 0.2) is 0 Å². The molecule has 0 unspecified atom stereocenters. The number of nitrogens with zero attached hydrogens (tertiary/aromatic N) is 1. The van der Waals surface area contributed by atoms with Crippen molar-refractivity contribution in [3.8, 4) is 0 Å². The van der Waals surface area contributed by atoms with Gasteiger partial charge in [-0.05, 0) is 48.8 Å². The SMILES string of the molecule is CSCCCNS(=O)(=O)c1ccc2nc(N)ccc2c1. The number of fused-ring (bicyclic) bond motifs is 1. The van der Waals surface area contributed by atoms with Crippen LogP contribution >= 0.6 is 11.8 Å². The van der Waals surface area contributed by atoms with E-state index in [2.05, 4.69) is 9.71 Å². The van der Waals surface area contributed by atoms with Gasteiger partial charge in [-0.2, -0.15) is 11.8 Å². The van der Waals surface area contributed by atoms with Crippen LogP contribution in [-0.2, 0) is 10.0 Å². The number of pyridine rings is 1. The molecule has 0 aliphatic heterocycles. The van der Waals surface area contributed by atoms with Gasteiger partial charge in [0.25, 0.3) is 0 Å². The van der Waals surface area contributed by atoms with E-state index in [1.54, 1.807) is 42.1 Å². The molecule has 0 aliphatic carbocycles. The van der Waals surface area contributed by atoms with E-state index in [4.69, 9.17) is 5.73 Å². The molecular formula is C13H17N3O2S2. The Bertz CT molecular complexity index is 702. The highest BCUT2D eigenvalue weighted by Crippen LogP contribution is 2.18. The minimum absolute atomic E-state index is 0.251. The van der Waals surface area contributed by atoms with E-state index in [1.807, 2.05) is 6.26 Å².